The smallest absolute Gasteiger partial charge is 0.242 e. The number of amides is 1. The Morgan fingerprint density at radius 2 is 2.29 bits per heavy atom. The highest BCUT2D eigenvalue weighted by Crippen LogP contribution is 2.35. The molecule has 1 aliphatic carbocycles. The summed E-state index contributed by atoms with van der Waals surface area (Å²) in [6.45, 7) is 1.92. The quantitative estimate of drug-likeness (QED) is 0.753. The van der Waals surface area contributed by atoms with Crippen molar-refractivity contribution in [1.29, 1.82) is 0 Å². The van der Waals surface area contributed by atoms with Gasteiger partial charge in [0.2, 0.25) is 5.91 Å². The minimum atomic E-state index is -0.145. The Hall–Kier alpha value is -2.08. The Labute approximate surface area is 145 Å². The molecule has 0 bridgehead atoms. The van der Waals surface area contributed by atoms with Crippen molar-refractivity contribution in [2.45, 2.75) is 32.4 Å². The molecule has 24 heavy (non-hydrogen) atoms. The van der Waals surface area contributed by atoms with E-state index in [2.05, 4.69) is 10.3 Å². The van der Waals surface area contributed by atoms with Gasteiger partial charge in [0, 0.05) is 18.5 Å². The van der Waals surface area contributed by atoms with Crippen molar-refractivity contribution in [3.63, 3.8) is 0 Å². The van der Waals surface area contributed by atoms with E-state index in [0.717, 1.165) is 41.6 Å². The van der Waals surface area contributed by atoms with Gasteiger partial charge >= 0.3 is 0 Å². The van der Waals surface area contributed by atoms with Gasteiger partial charge in [-0.3, -0.25) is 9.48 Å². The summed E-state index contributed by atoms with van der Waals surface area (Å²) in [5.41, 5.74) is 2.68. The van der Waals surface area contributed by atoms with E-state index in [0.29, 0.717) is 13.2 Å². The molecule has 1 aliphatic heterocycles. The summed E-state index contributed by atoms with van der Waals surface area (Å²) in [5, 5.41) is 8.39. The highest BCUT2D eigenvalue weighted by atomic mass is 35.5. The van der Waals surface area contributed by atoms with Crippen molar-refractivity contribution in [2.24, 2.45) is 5.92 Å². The molecule has 126 valence electrons. The molecular formula is C17H19ClN4O2. The van der Waals surface area contributed by atoms with Crippen LogP contribution in [0.4, 0.5) is 5.69 Å². The highest BCUT2D eigenvalue weighted by Gasteiger charge is 2.25. The van der Waals surface area contributed by atoms with Crippen molar-refractivity contribution >= 4 is 23.2 Å². The predicted molar refractivity (Wildman–Crippen MR) is 90.3 cm³/mol. The van der Waals surface area contributed by atoms with Crippen LogP contribution in [0.1, 0.15) is 24.1 Å². The lowest BCUT2D eigenvalue weighted by Crippen LogP contribution is -2.32. The zero-order chi connectivity index (χ0) is 16.5. The second-order valence-electron chi connectivity index (χ2n) is 6.34. The Morgan fingerprint density at radius 1 is 1.42 bits per heavy atom. The van der Waals surface area contributed by atoms with Gasteiger partial charge in [0.25, 0.3) is 0 Å². The second-order valence-corrected chi connectivity index (χ2v) is 6.61. The van der Waals surface area contributed by atoms with Crippen LogP contribution in [0.2, 0.25) is 0 Å². The highest BCUT2D eigenvalue weighted by molar-refractivity contribution is 6.29. The molecular weight excluding hydrogens is 328 g/mol. The summed E-state index contributed by atoms with van der Waals surface area (Å²) < 4.78 is 7.47. The molecule has 4 rings (SSSR count). The third-order valence-electron chi connectivity index (χ3n) is 4.47. The topological polar surface area (TPSA) is 60.2 Å². The SMILES string of the molecule is O=C(CCl)N(Cc1cn(CC2CC2)nn1)c1cccc2c1CCO2. The minimum Gasteiger partial charge on any atom is -0.493 e. The van der Waals surface area contributed by atoms with Gasteiger partial charge in [0.05, 0.1) is 25.0 Å². The monoisotopic (exact) mass is 346 g/mol. The van der Waals surface area contributed by atoms with Gasteiger partial charge in [-0.05, 0) is 30.9 Å². The van der Waals surface area contributed by atoms with E-state index in [9.17, 15) is 4.79 Å². The minimum absolute atomic E-state index is 0.0687. The summed E-state index contributed by atoms with van der Waals surface area (Å²) in [4.78, 5) is 14.1. The fourth-order valence-corrected chi connectivity index (χ4v) is 3.21. The lowest BCUT2D eigenvalue weighted by Gasteiger charge is -2.23. The molecule has 0 N–H and O–H groups in total. The van der Waals surface area contributed by atoms with Gasteiger partial charge in [-0.1, -0.05) is 11.3 Å². The zero-order valence-electron chi connectivity index (χ0n) is 13.3. The van der Waals surface area contributed by atoms with Crippen LogP contribution < -0.4 is 9.64 Å². The van der Waals surface area contributed by atoms with Gasteiger partial charge < -0.3 is 9.64 Å². The number of carbonyl (C=O) groups is 1. The van der Waals surface area contributed by atoms with E-state index >= 15 is 0 Å². The van der Waals surface area contributed by atoms with E-state index in [1.165, 1.54) is 12.8 Å². The number of hydrogen-bond donors (Lipinski definition) is 0. The number of benzene rings is 1. The molecule has 2 aromatic rings. The van der Waals surface area contributed by atoms with Crippen LogP contribution in [0, 0.1) is 5.92 Å². The van der Waals surface area contributed by atoms with Gasteiger partial charge in [-0.25, -0.2) is 0 Å². The number of fused-ring (bicyclic) bond motifs is 1. The first kappa shape index (κ1) is 15.4. The Bertz CT molecular complexity index is 757. The third-order valence-corrected chi connectivity index (χ3v) is 4.70. The van der Waals surface area contributed by atoms with Crippen LogP contribution in [-0.4, -0.2) is 33.4 Å². The summed E-state index contributed by atoms with van der Waals surface area (Å²) in [6, 6.07) is 5.77. The fourth-order valence-electron chi connectivity index (χ4n) is 3.06. The molecule has 0 unspecified atom stereocenters. The normalized spacial score (nSPS) is 15.9. The summed E-state index contributed by atoms with van der Waals surface area (Å²) >= 11 is 5.83. The number of nitrogens with zero attached hydrogens (tertiary/aromatic N) is 4. The first-order valence-corrected chi connectivity index (χ1v) is 8.78. The van der Waals surface area contributed by atoms with E-state index in [4.69, 9.17) is 16.3 Å². The molecule has 0 atom stereocenters. The van der Waals surface area contributed by atoms with E-state index < -0.39 is 0 Å². The standard InChI is InChI=1S/C17H19ClN4O2/c18-8-17(23)22(15-2-1-3-16-14(15)6-7-24-16)11-13-10-21(20-19-13)9-12-4-5-12/h1-3,10,12H,4-9,11H2. The molecule has 7 heteroatoms. The van der Waals surface area contributed by atoms with E-state index in [-0.39, 0.29) is 11.8 Å². The molecule has 1 amide bonds. The first-order valence-electron chi connectivity index (χ1n) is 8.24. The maximum absolute atomic E-state index is 12.4. The van der Waals surface area contributed by atoms with Crippen LogP contribution in [-0.2, 0) is 24.3 Å². The Balaban J connectivity index is 1.59. The van der Waals surface area contributed by atoms with Crippen LogP contribution in [0.15, 0.2) is 24.4 Å². The lowest BCUT2D eigenvalue weighted by atomic mass is 10.1. The first-order chi connectivity index (χ1) is 11.7. The van der Waals surface area contributed by atoms with Crippen molar-refractivity contribution in [3.05, 3.63) is 35.7 Å². The third kappa shape index (κ3) is 3.11. The van der Waals surface area contributed by atoms with Crippen LogP contribution in [0.3, 0.4) is 0 Å². The maximum atomic E-state index is 12.4. The van der Waals surface area contributed by atoms with E-state index in [1.54, 1.807) is 4.90 Å². The lowest BCUT2D eigenvalue weighted by molar-refractivity contribution is -0.116. The van der Waals surface area contributed by atoms with Crippen molar-refractivity contribution < 1.29 is 9.53 Å². The van der Waals surface area contributed by atoms with Gasteiger partial charge in [-0.2, -0.15) is 0 Å². The molecule has 1 aromatic heterocycles. The van der Waals surface area contributed by atoms with Crippen LogP contribution in [0.5, 0.6) is 5.75 Å². The molecule has 2 heterocycles. The number of carbonyl (C=O) groups excluding carboxylic acids is 1. The number of rotatable bonds is 6. The molecule has 0 saturated heterocycles. The summed E-state index contributed by atoms with van der Waals surface area (Å²) in [6.07, 6.45) is 5.25. The van der Waals surface area contributed by atoms with Crippen molar-refractivity contribution in [3.8, 4) is 5.75 Å². The Morgan fingerprint density at radius 3 is 3.08 bits per heavy atom. The second kappa shape index (κ2) is 6.43. The number of ether oxygens (including phenoxy) is 1. The number of anilines is 1. The molecule has 0 spiro atoms. The van der Waals surface area contributed by atoms with Gasteiger partial charge in [0.15, 0.2) is 0 Å². The number of alkyl halides is 1. The van der Waals surface area contributed by atoms with Gasteiger partial charge in [-0.15, -0.1) is 16.7 Å². The largest absolute Gasteiger partial charge is 0.493 e. The summed E-state index contributed by atoms with van der Waals surface area (Å²) in [5.74, 6) is 1.36. The van der Waals surface area contributed by atoms with Crippen molar-refractivity contribution in [2.75, 3.05) is 17.4 Å². The predicted octanol–water partition coefficient (Wildman–Crippen LogP) is 2.40. The molecule has 6 nitrogen and oxygen atoms in total. The van der Waals surface area contributed by atoms with E-state index in [1.807, 2.05) is 29.1 Å². The molecule has 1 aromatic carbocycles. The average Bonchev–Trinajstić information content (AvgIpc) is 3.10. The molecule has 2 aliphatic rings. The van der Waals surface area contributed by atoms with Gasteiger partial charge in [0.1, 0.15) is 17.3 Å². The average molecular weight is 347 g/mol. The van der Waals surface area contributed by atoms with Crippen LogP contribution >= 0.6 is 11.6 Å². The number of hydrogen-bond acceptors (Lipinski definition) is 4. The zero-order valence-corrected chi connectivity index (χ0v) is 14.1. The van der Waals surface area contributed by atoms with Crippen LogP contribution in [0.25, 0.3) is 0 Å². The molecule has 1 fully saturated rings. The molecule has 1 saturated carbocycles. The Kier molecular flexibility index (Phi) is 4.14. The fraction of sp³-hybridized carbons (Fsp3) is 0.471. The number of halogens is 1. The maximum Gasteiger partial charge on any atom is 0.242 e. The van der Waals surface area contributed by atoms with Crippen molar-refractivity contribution in [1.82, 2.24) is 15.0 Å². The summed E-state index contributed by atoms with van der Waals surface area (Å²) in [7, 11) is 0. The number of aromatic nitrogens is 3. The molecule has 0 radical (unpaired) electrons.